The number of benzene rings is 1. The number of esters is 1. The molecule has 6 nitrogen and oxygen atoms in total. The number of aromatic nitrogens is 1. The number of carbonyl (C=O) groups is 1. The maximum atomic E-state index is 13.8. The number of carbonyl (C=O) groups excluding carboxylic acids is 1. The van der Waals surface area contributed by atoms with Crippen LogP contribution < -0.4 is 5.30 Å². The van der Waals surface area contributed by atoms with E-state index in [-0.39, 0.29) is 53.2 Å². The van der Waals surface area contributed by atoms with Crippen molar-refractivity contribution in [3.8, 4) is 11.1 Å². The summed E-state index contributed by atoms with van der Waals surface area (Å²) in [5.74, 6) is -0.834. The summed E-state index contributed by atoms with van der Waals surface area (Å²) in [5, 5.41) is -0.0347. The first-order valence-corrected chi connectivity index (χ1v) is 10.9. The number of hydrogen-bond acceptors (Lipinski definition) is 6. The number of hydrogen-bond donors (Lipinski definition) is 1. The fourth-order valence-electron chi connectivity index (χ4n) is 3.45. The van der Waals surface area contributed by atoms with Crippen LogP contribution in [-0.4, -0.2) is 35.7 Å². The van der Waals surface area contributed by atoms with Gasteiger partial charge in [-0.15, -0.1) is 0 Å². The summed E-state index contributed by atoms with van der Waals surface area (Å²) < 4.78 is 57.7. The Kier molecular flexibility index (Phi) is 6.48. The second-order valence-corrected chi connectivity index (χ2v) is 8.69. The molecule has 1 fully saturated rings. The van der Waals surface area contributed by atoms with Crippen molar-refractivity contribution < 1.29 is 36.6 Å². The number of ether oxygens (including phenoxy) is 1. The lowest BCUT2D eigenvalue weighted by molar-refractivity contribution is -0.137. The molecule has 0 radical (unpaired) electrons. The van der Waals surface area contributed by atoms with Crippen molar-refractivity contribution in [2.24, 2.45) is 0 Å². The third-order valence-corrected chi connectivity index (χ3v) is 6.79. The number of halogens is 3. The molecular formula is C20H22F3NO5P+. The molecule has 1 saturated heterocycles. The molecule has 1 aliphatic rings. The highest BCUT2D eigenvalue weighted by Gasteiger charge is 2.52. The summed E-state index contributed by atoms with van der Waals surface area (Å²) in [6.07, 6.45) is -4.17. The molecule has 0 spiro atoms. The largest absolute Gasteiger partial charge is 0.462 e. The van der Waals surface area contributed by atoms with Crippen LogP contribution in [0, 0.1) is 13.8 Å². The van der Waals surface area contributed by atoms with Crippen LogP contribution in [0.5, 0.6) is 0 Å². The fraction of sp³-hybridized carbons (Fsp3) is 0.400. The van der Waals surface area contributed by atoms with E-state index in [1.165, 1.54) is 32.0 Å². The van der Waals surface area contributed by atoms with E-state index in [1.54, 1.807) is 6.92 Å². The van der Waals surface area contributed by atoms with Gasteiger partial charge in [-0.3, -0.25) is 4.98 Å². The maximum Gasteiger partial charge on any atom is 0.448 e. The van der Waals surface area contributed by atoms with E-state index >= 15 is 0 Å². The van der Waals surface area contributed by atoms with Crippen molar-refractivity contribution in [3.63, 3.8) is 0 Å². The first kappa shape index (κ1) is 22.6. The third-order valence-electron chi connectivity index (χ3n) is 4.61. The standard InChI is InChI=1S/C20H22F3NO5P/c1-4-27-19(25)16-12(2)24-13(3)18(30(26)28-10-7-11-29-30)17(16)14-8-5-6-9-15(14)20(21,22)23/h5-6,8-9,26H,4,7,10-11H2,1-3H3/q+1. The van der Waals surface area contributed by atoms with Gasteiger partial charge in [-0.1, -0.05) is 18.2 Å². The van der Waals surface area contributed by atoms with Crippen LogP contribution in [-0.2, 0) is 20.0 Å². The van der Waals surface area contributed by atoms with E-state index in [4.69, 9.17) is 13.8 Å². The molecule has 0 aliphatic carbocycles. The van der Waals surface area contributed by atoms with Crippen LogP contribution in [0.2, 0.25) is 0 Å². The smallest absolute Gasteiger partial charge is 0.448 e. The molecule has 1 aliphatic heterocycles. The lowest BCUT2D eigenvalue weighted by Crippen LogP contribution is -2.29. The Morgan fingerprint density at radius 3 is 2.43 bits per heavy atom. The summed E-state index contributed by atoms with van der Waals surface area (Å²) in [7, 11) is -3.77. The number of pyridine rings is 1. The van der Waals surface area contributed by atoms with Crippen LogP contribution in [0.4, 0.5) is 13.2 Å². The fourth-order valence-corrected chi connectivity index (χ4v) is 5.51. The molecule has 0 amide bonds. The molecule has 0 bridgehead atoms. The highest BCUT2D eigenvalue weighted by Crippen LogP contribution is 2.60. The Morgan fingerprint density at radius 1 is 1.20 bits per heavy atom. The second-order valence-electron chi connectivity index (χ2n) is 6.69. The van der Waals surface area contributed by atoms with Gasteiger partial charge in [0.15, 0.2) is 0 Å². The molecule has 1 aromatic carbocycles. The summed E-state index contributed by atoms with van der Waals surface area (Å²) in [5.41, 5.74) is -1.09. The first-order chi connectivity index (χ1) is 14.1. The minimum absolute atomic E-state index is 0.0221. The van der Waals surface area contributed by atoms with Crippen LogP contribution in [0.3, 0.4) is 0 Å². The zero-order valence-electron chi connectivity index (χ0n) is 16.7. The van der Waals surface area contributed by atoms with Gasteiger partial charge in [0, 0.05) is 6.42 Å². The zero-order valence-corrected chi connectivity index (χ0v) is 17.6. The molecule has 162 valence electrons. The average Bonchev–Trinajstić information content (AvgIpc) is 2.67. The van der Waals surface area contributed by atoms with Gasteiger partial charge in [-0.05, 0) is 32.4 Å². The van der Waals surface area contributed by atoms with Gasteiger partial charge in [0.2, 0.25) is 5.30 Å². The molecule has 2 aromatic rings. The molecule has 0 atom stereocenters. The van der Waals surface area contributed by atoms with Gasteiger partial charge in [0.05, 0.1) is 34.7 Å². The van der Waals surface area contributed by atoms with Gasteiger partial charge in [-0.2, -0.15) is 27.1 Å². The van der Waals surface area contributed by atoms with E-state index in [0.29, 0.717) is 6.42 Å². The summed E-state index contributed by atoms with van der Waals surface area (Å²) in [6, 6.07) is 4.86. The number of rotatable bonds is 4. The Bertz CT molecular complexity index is 958. The monoisotopic (exact) mass is 444 g/mol. The topological polar surface area (TPSA) is 77.9 Å². The molecule has 10 heteroatoms. The lowest BCUT2D eigenvalue weighted by Gasteiger charge is -2.26. The molecule has 0 unspecified atom stereocenters. The summed E-state index contributed by atoms with van der Waals surface area (Å²) in [6.45, 7) is 5.00. The maximum absolute atomic E-state index is 13.8. The minimum Gasteiger partial charge on any atom is -0.462 e. The van der Waals surface area contributed by atoms with Crippen molar-refractivity contribution in [2.45, 2.75) is 33.4 Å². The Morgan fingerprint density at radius 2 is 1.83 bits per heavy atom. The molecule has 1 aromatic heterocycles. The quantitative estimate of drug-likeness (QED) is 0.557. The van der Waals surface area contributed by atoms with Crippen LogP contribution in [0.1, 0.15) is 40.7 Å². The Labute approximate surface area is 172 Å². The molecule has 1 N–H and O–H groups in total. The highest BCUT2D eigenvalue weighted by atomic mass is 31.2. The van der Waals surface area contributed by atoms with E-state index in [0.717, 1.165) is 6.07 Å². The first-order valence-electron chi connectivity index (χ1n) is 9.36. The van der Waals surface area contributed by atoms with E-state index in [2.05, 4.69) is 4.98 Å². The highest BCUT2D eigenvalue weighted by molar-refractivity contribution is 7.69. The molecule has 30 heavy (non-hydrogen) atoms. The number of alkyl halides is 3. The predicted molar refractivity (Wildman–Crippen MR) is 105 cm³/mol. The van der Waals surface area contributed by atoms with Crippen molar-refractivity contribution >= 4 is 19.2 Å². The lowest BCUT2D eigenvalue weighted by atomic mass is 9.93. The average molecular weight is 444 g/mol. The van der Waals surface area contributed by atoms with Gasteiger partial charge in [-0.25, -0.2) is 4.79 Å². The Hall–Kier alpha value is -2.06. The van der Waals surface area contributed by atoms with Crippen molar-refractivity contribution in [1.82, 2.24) is 4.98 Å². The molecule has 2 heterocycles. The van der Waals surface area contributed by atoms with Crippen molar-refractivity contribution in [1.29, 1.82) is 0 Å². The number of aryl methyl sites for hydroxylation is 2. The van der Waals surface area contributed by atoms with Crippen LogP contribution >= 0.6 is 7.94 Å². The van der Waals surface area contributed by atoms with E-state index in [1.807, 2.05) is 0 Å². The van der Waals surface area contributed by atoms with Gasteiger partial charge < -0.3 is 4.74 Å². The normalized spacial score (nSPS) is 16.4. The van der Waals surface area contributed by atoms with Crippen LogP contribution in [0.15, 0.2) is 24.3 Å². The number of nitrogens with zero attached hydrogens (tertiary/aromatic N) is 1. The van der Waals surface area contributed by atoms with Gasteiger partial charge >= 0.3 is 20.1 Å². The molecular weight excluding hydrogens is 422 g/mol. The van der Waals surface area contributed by atoms with Crippen LogP contribution in [0.25, 0.3) is 11.1 Å². The molecule has 3 rings (SSSR count). The van der Waals surface area contributed by atoms with Gasteiger partial charge in [0.1, 0.15) is 13.2 Å². The summed E-state index contributed by atoms with van der Waals surface area (Å²) >= 11 is 0. The molecule has 0 saturated carbocycles. The van der Waals surface area contributed by atoms with E-state index in [9.17, 15) is 22.9 Å². The predicted octanol–water partition coefficient (Wildman–Crippen LogP) is 4.38. The third kappa shape index (κ3) is 4.21. The van der Waals surface area contributed by atoms with Gasteiger partial charge in [0.25, 0.3) is 0 Å². The summed E-state index contributed by atoms with van der Waals surface area (Å²) in [4.78, 5) is 28.3. The minimum atomic E-state index is -4.69. The Balaban J connectivity index is 2.44. The second kappa shape index (κ2) is 8.59. The van der Waals surface area contributed by atoms with E-state index < -0.39 is 25.7 Å². The van der Waals surface area contributed by atoms with Crippen molar-refractivity contribution in [2.75, 3.05) is 19.8 Å². The SMILES string of the molecule is CCOC(=O)c1c(C)nc(C)c([P+]2(O)OCCCO2)c1-c1ccccc1C(F)(F)F. The van der Waals surface area contributed by atoms with Crippen molar-refractivity contribution in [3.05, 3.63) is 46.8 Å². The zero-order chi connectivity index (χ0) is 22.1.